The third kappa shape index (κ3) is 3.90. The molecular weight excluding hydrogens is 342 g/mol. The summed E-state index contributed by atoms with van der Waals surface area (Å²) in [6.07, 6.45) is -3.06. The lowest BCUT2D eigenvalue weighted by Gasteiger charge is -2.50. The summed E-state index contributed by atoms with van der Waals surface area (Å²) in [4.78, 5) is 15.3. The lowest BCUT2D eigenvalue weighted by atomic mass is 9.89. The highest BCUT2D eigenvalue weighted by Gasteiger charge is 2.51. The van der Waals surface area contributed by atoms with E-state index >= 15 is 0 Å². The molecule has 1 fully saturated rings. The molecule has 0 radical (unpaired) electrons. The Labute approximate surface area is 153 Å². The van der Waals surface area contributed by atoms with Crippen LogP contribution in [0.25, 0.3) is 0 Å². The summed E-state index contributed by atoms with van der Waals surface area (Å²) in [7, 11) is 0. The molecule has 0 aromatic carbocycles. The van der Waals surface area contributed by atoms with Gasteiger partial charge in [-0.15, -0.1) is 11.3 Å². The molecule has 1 aliphatic heterocycles. The number of carbonyl (C=O) groups excluding carboxylic acids is 1. The Morgan fingerprint density at radius 3 is 2.48 bits per heavy atom. The number of aliphatic hydroxyl groups excluding tert-OH is 3. The maximum atomic E-state index is 12.9. The predicted octanol–water partition coefficient (Wildman–Crippen LogP) is 1.83. The van der Waals surface area contributed by atoms with Gasteiger partial charge in [-0.3, -0.25) is 4.79 Å². The van der Waals surface area contributed by atoms with Gasteiger partial charge < -0.3 is 25.0 Å². The normalized spacial score (nSPS) is 30.3. The van der Waals surface area contributed by atoms with Crippen LogP contribution in [0, 0.1) is 0 Å². The van der Waals surface area contributed by atoms with E-state index in [2.05, 4.69) is 0 Å². The summed E-state index contributed by atoms with van der Waals surface area (Å²) >= 11 is 1.51. The number of carbonyl (C=O) groups is 1. The third-order valence-corrected chi connectivity index (χ3v) is 6.03. The molecule has 6 nitrogen and oxygen atoms in total. The fraction of sp³-hybridized carbons (Fsp3) is 0.722. The second-order valence-electron chi connectivity index (χ2n) is 7.00. The topological polar surface area (TPSA) is 90.2 Å². The van der Waals surface area contributed by atoms with E-state index in [4.69, 9.17) is 4.74 Å². The molecular formula is C18H29NO5S. The van der Waals surface area contributed by atoms with E-state index in [0.717, 1.165) is 4.88 Å². The number of aliphatic hydroxyl groups is 3. The molecule has 0 bridgehead atoms. The molecule has 7 heteroatoms. The minimum absolute atomic E-state index is 0.185. The van der Waals surface area contributed by atoms with Gasteiger partial charge in [0.2, 0.25) is 5.91 Å². The standard InChI is InChI=1S/C18H29NO5S/c1-5-8-13(20)19(18(3,4)12-9-7-10-25-12)14-16(22)15(21)11(6-2)24-17(14)23/h7,9-11,14-17,21-23H,5-6,8H2,1-4H3/t11-,14-,15-,16-,17?/m1/s1. The summed E-state index contributed by atoms with van der Waals surface area (Å²) in [6, 6.07) is 2.79. The first-order valence-electron chi connectivity index (χ1n) is 8.81. The van der Waals surface area contributed by atoms with E-state index < -0.39 is 36.2 Å². The second-order valence-corrected chi connectivity index (χ2v) is 7.94. The van der Waals surface area contributed by atoms with Crippen LogP contribution >= 0.6 is 11.3 Å². The Bertz CT molecular complexity index is 562. The van der Waals surface area contributed by atoms with Crippen LogP contribution in [0.2, 0.25) is 0 Å². The number of hydrogen-bond donors (Lipinski definition) is 3. The quantitative estimate of drug-likeness (QED) is 0.710. The van der Waals surface area contributed by atoms with Gasteiger partial charge in [-0.1, -0.05) is 19.9 Å². The Kier molecular flexibility index (Phi) is 6.62. The average molecular weight is 371 g/mol. The van der Waals surface area contributed by atoms with Gasteiger partial charge in [-0.2, -0.15) is 0 Å². The van der Waals surface area contributed by atoms with E-state index in [1.165, 1.54) is 16.2 Å². The van der Waals surface area contributed by atoms with Gasteiger partial charge in [0.1, 0.15) is 18.2 Å². The van der Waals surface area contributed by atoms with Gasteiger partial charge >= 0.3 is 0 Å². The first kappa shape index (κ1) is 20.3. The number of ether oxygens (including phenoxy) is 1. The highest BCUT2D eigenvalue weighted by molar-refractivity contribution is 7.10. The second kappa shape index (κ2) is 8.14. The van der Waals surface area contributed by atoms with Crippen LogP contribution in [-0.2, 0) is 15.1 Å². The minimum Gasteiger partial charge on any atom is -0.388 e. The molecule has 2 heterocycles. The fourth-order valence-electron chi connectivity index (χ4n) is 3.48. The smallest absolute Gasteiger partial charge is 0.223 e. The Morgan fingerprint density at radius 1 is 1.28 bits per heavy atom. The van der Waals surface area contributed by atoms with Crippen molar-refractivity contribution >= 4 is 17.2 Å². The van der Waals surface area contributed by atoms with Crippen LogP contribution in [0.1, 0.15) is 51.8 Å². The van der Waals surface area contributed by atoms with Crippen molar-refractivity contribution in [2.24, 2.45) is 0 Å². The van der Waals surface area contributed by atoms with Crippen molar-refractivity contribution in [2.45, 2.75) is 83.1 Å². The molecule has 25 heavy (non-hydrogen) atoms. The fourth-order valence-corrected chi connectivity index (χ4v) is 4.33. The van der Waals surface area contributed by atoms with Crippen LogP contribution in [-0.4, -0.2) is 56.8 Å². The summed E-state index contributed by atoms with van der Waals surface area (Å²) < 4.78 is 5.51. The van der Waals surface area contributed by atoms with Crippen LogP contribution in [0.4, 0.5) is 0 Å². The van der Waals surface area contributed by atoms with Crippen molar-refractivity contribution < 1.29 is 24.9 Å². The van der Waals surface area contributed by atoms with Gasteiger partial charge in [0.25, 0.3) is 0 Å². The van der Waals surface area contributed by atoms with Crippen molar-refractivity contribution in [3.05, 3.63) is 22.4 Å². The summed E-state index contributed by atoms with van der Waals surface area (Å²) in [6.45, 7) is 7.47. The number of hydrogen-bond acceptors (Lipinski definition) is 6. The summed E-state index contributed by atoms with van der Waals surface area (Å²) in [5.41, 5.74) is -0.755. The largest absolute Gasteiger partial charge is 0.388 e. The monoisotopic (exact) mass is 371 g/mol. The van der Waals surface area contributed by atoms with Gasteiger partial charge in [0.15, 0.2) is 6.29 Å². The zero-order chi connectivity index (χ0) is 18.8. The molecule has 1 aromatic rings. The van der Waals surface area contributed by atoms with Crippen molar-refractivity contribution in [3.63, 3.8) is 0 Å². The van der Waals surface area contributed by atoms with Gasteiger partial charge in [0, 0.05) is 11.3 Å². The molecule has 1 saturated heterocycles. The first-order valence-corrected chi connectivity index (χ1v) is 9.69. The van der Waals surface area contributed by atoms with Crippen molar-refractivity contribution in [2.75, 3.05) is 0 Å². The highest BCUT2D eigenvalue weighted by Crippen LogP contribution is 2.37. The Hall–Kier alpha value is -0.990. The molecule has 1 aliphatic rings. The van der Waals surface area contributed by atoms with E-state index in [1.807, 2.05) is 45.2 Å². The molecule has 1 unspecified atom stereocenters. The van der Waals surface area contributed by atoms with Gasteiger partial charge in [-0.05, 0) is 38.1 Å². The van der Waals surface area contributed by atoms with Crippen molar-refractivity contribution in [3.8, 4) is 0 Å². The third-order valence-electron chi connectivity index (χ3n) is 4.85. The molecule has 142 valence electrons. The highest BCUT2D eigenvalue weighted by atomic mass is 32.1. The van der Waals surface area contributed by atoms with Crippen molar-refractivity contribution in [1.29, 1.82) is 0 Å². The van der Waals surface area contributed by atoms with Crippen LogP contribution in [0.3, 0.4) is 0 Å². The summed E-state index contributed by atoms with van der Waals surface area (Å²) in [5.74, 6) is -0.185. The predicted molar refractivity (Wildman–Crippen MR) is 96.1 cm³/mol. The maximum Gasteiger partial charge on any atom is 0.223 e. The minimum atomic E-state index is -1.36. The maximum absolute atomic E-state index is 12.9. The van der Waals surface area contributed by atoms with Crippen LogP contribution < -0.4 is 0 Å². The Morgan fingerprint density at radius 2 is 1.96 bits per heavy atom. The lowest BCUT2D eigenvalue weighted by molar-refractivity contribution is -0.272. The first-order chi connectivity index (χ1) is 11.8. The molecule has 0 aliphatic carbocycles. The van der Waals surface area contributed by atoms with E-state index in [0.29, 0.717) is 12.8 Å². The van der Waals surface area contributed by atoms with Crippen molar-refractivity contribution in [1.82, 2.24) is 4.90 Å². The number of nitrogens with zero attached hydrogens (tertiary/aromatic N) is 1. The number of amides is 1. The zero-order valence-corrected chi connectivity index (χ0v) is 16.1. The van der Waals surface area contributed by atoms with E-state index in [9.17, 15) is 20.1 Å². The molecule has 2 rings (SSSR count). The molecule has 1 amide bonds. The lowest BCUT2D eigenvalue weighted by Crippen LogP contribution is -2.67. The Balaban J connectivity index is 2.43. The molecule has 1 aromatic heterocycles. The van der Waals surface area contributed by atoms with Crippen LogP contribution in [0.5, 0.6) is 0 Å². The van der Waals surface area contributed by atoms with E-state index in [1.54, 1.807) is 0 Å². The molecule has 5 atom stereocenters. The number of rotatable bonds is 6. The van der Waals surface area contributed by atoms with Gasteiger partial charge in [0.05, 0.1) is 11.6 Å². The summed E-state index contributed by atoms with van der Waals surface area (Å²) in [5, 5.41) is 33.5. The van der Waals surface area contributed by atoms with Crippen LogP contribution in [0.15, 0.2) is 17.5 Å². The van der Waals surface area contributed by atoms with Gasteiger partial charge in [-0.25, -0.2) is 0 Å². The average Bonchev–Trinajstić information content (AvgIpc) is 3.10. The van der Waals surface area contributed by atoms with E-state index in [-0.39, 0.29) is 12.3 Å². The zero-order valence-electron chi connectivity index (χ0n) is 15.3. The molecule has 0 spiro atoms. The number of thiophene rings is 1. The molecule has 3 N–H and O–H groups in total. The SMILES string of the molecule is CCCC(=O)N([C@H]1C(O)O[C@H](CC)[C@@H](O)[C@@H]1O)C(C)(C)c1cccs1. The molecule has 0 saturated carbocycles.